The van der Waals surface area contributed by atoms with Crippen LogP contribution in [0, 0.1) is 12.7 Å². The number of nitrogens with zero attached hydrogens (tertiary/aromatic N) is 1. The fraction of sp³-hybridized carbons (Fsp3) is 0.500. The summed E-state index contributed by atoms with van der Waals surface area (Å²) in [4.78, 5) is 13.9. The molecule has 0 radical (unpaired) electrons. The molecule has 1 aliphatic rings. The number of benzene rings is 1. The molecule has 19 heavy (non-hydrogen) atoms. The van der Waals surface area contributed by atoms with Gasteiger partial charge in [0.05, 0.1) is 13.2 Å². The Kier molecular flexibility index (Phi) is 4.50. The highest BCUT2D eigenvalue weighted by molar-refractivity contribution is 5.93. The number of carbonyl (C=O) groups excluding carboxylic acids is 1. The molecule has 1 fully saturated rings. The van der Waals surface area contributed by atoms with E-state index in [2.05, 4.69) is 5.32 Å². The van der Waals surface area contributed by atoms with Crippen LogP contribution in [0.15, 0.2) is 18.2 Å². The van der Waals surface area contributed by atoms with Crippen molar-refractivity contribution in [1.29, 1.82) is 0 Å². The van der Waals surface area contributed by atoms with Gasteiger partial charge in [0.2, 0.25) is 5.91 Å². The summed E-state index contributed by atoms with van der Waals surface area (Å²) in [5.41, 5.74) is 1.33. The maximum atomic E-state index is 13.1. The number of nitrogens with one attached hydrogen (secondary N) is 1. The van der Waals surface area contributed by atoms with Crippen LogP contribution in [0.25, 0.3) is 0 Å². The summed E-state index contributed by atoms with van der Waals surface area (Å²) < 4.78 is 13.1. The van der Waals surface area contributed by atoms with E-state index in [1.165, 1.54) is 12.1 Å². The summed E-state index contributed by atoms with van der Waals surface area (Å²) in [6.07, 6.45) is 1.92. The van der Waals surface area contributed by atoms with Crippen molar-refractivity contribution in [2.24, 2.45) is 0 Å². The van der Waals surface area contributed by atoms with Gasteiger partial charge in [0.15, 0.2) is 0 Å². The van der Waals surface area contributed by atoms with Crippen LogP contribution in [0.5, 0.6) is 0 Å². The Morgan fingerprint density at radius 3 is 3.11 bits per heavy atom. The summed E-state index contributed by atoms with van der Waals surface area (Å²) >= 11 is 0. The second-order valence-electron chi connectivity index (χ2n) is 4.96. The predicted molar refractivity (Wildman–Crippen MR) is 71.4 cm³/mol. The number of hydrogen-bond acceptors (Lipinski definition) is 3. The molecule has 1 saturated heterocycles. The number of anilines is 1. The van der Waals surface area contributed by atoms with E-state index in [9.17, 15) is 14.3 Å². The third-order valence-electron chi connectivity index (χ3n) is 3.53. The smallest absolute Gasteiger partial charge is 0.238 e. The van der Waals surface area contributed by atoms with Gasteiger partial charge in [-0.2, -0.15) is 0 Å². The summed E-state index contributed by atoms with van der Waals surface area (Å²) in [6, 6.07) is 4.39. The maximum Gasteiger partial charge on any atom is 0.238 e. The van der Waals surface area contributed by atoms with Crippen molar-refractivity contribution in [3.8, 4) is 0 Å². The molecule has 104 valence electrons. The van der Waals surface area contributed by atoms with Crippen LogP contribution >= 0.6 is 0 Å². The Morgan fingerprint density at radius 2 is 2.37 bits per heavy atom. The van der Waals surface area contributed by atoms with Gasteiger partial charge < -0.3 is 10.4 Å². The molecule has 5 heteroatoms. The highest BCUT2D eigenvalue weighted by Gasteiger charge is 2.25. The second-order valence-corrected chi connectivity index (χ2v) is 4.96. The molecule has 0 aromatic heterocycles. The first-order valence-corrected chi connectivity index (χ1v) is 6.51. The Balaban J connectivity index is 1.95. The lowest BCUT2D eigenvalue weighted by Gasteiger charge is -2.22. The SMILES string of the molecule is Cc1ccc(F)cc1NC(=O)CN1CCCC1CO. The highest BCUT2D eigenvalue weighted by Crippen LogP contribution is 2.18. The van der Waals surface area contributed by atoms with Crippen molar-refractivity contribution in [2.45, 2.75) is 25.8 Å². The fourth-order valence-electron chi connectivity index (χ4n) is 2.41. The molecule has 1 heterocycles. The second kappa shape index (κ2) is 6.12. The Hall–Kier alpha value is -1.46. The van der Waals surface area contributed by atoms with Crippen molar-refractivity contribution in [2.75, 3.05) is 25.0 Å². The van der Waals surface area contributed by atoms with Crippen molar-refractivity contribution >= 4 is 11.6 Å². The molecular formula is C14H19FN2O2. The predicted octanol–water partition coefficient (Wildman–Crippen LogP) is 1.53. The van der Waals surface area contributed by atoms with Gasteiger partial charge in [-0.1, -0.05) is 6.07 Å². The van der Waals surface area contributed by atoms with Crippen molar-refractivity contribution in [1.82, 2.24) is 4.90 Å². The lowest BCUT2D eigenvalue weighted by Crippen LogP contribution is -2.38. The van der Waals surface area contributed by atoms with Crippen LogP contribution < -0.4 is 5.32 Å². The zero-order valence-corrected chi connectivity index (χ0v) is 11.0. The molecule has 4 nitrogen and oxygen atoms in total. The first-order valence-electron chi connectivity index (χ1n) is 6.51. The number of carbonyl (C=O) groups is 1. The van der Waals surface area contributed by atoms with Crippen molar-refractivity contribution in [3.05, 3.63) is 29.6 Å². The zero-order chi connectivity index (χ0) is 13.8. The molecule has 2 rings (SSSR count). The number of aliphatic hydroxyl groups excluding tert-OH is 1. The van der Waals surface area contributed by atoms with Gasteiger partial charge in [-0.05, 0) is 44.0 Å². The molecule has 0 spiro atoms. The molecule has 1 aromatic carbocycles. The standard InChI is InChI=1S/C14H19FN2O2/c1-10-4-5-11(15)7-13(10)16-14(19)8-17-6-2-3-12(17)9-18/h4-5,7,12,18H,2-3,6,8-9H2,1H3,(H,16,19). The monoisotopic (exact) mass is 266 g/mol. The molecule has 1 aliphatic heterocycles. The molecule has 0 bridgehead atoms. The molecule has 1 aromatic rings. The number of halogens is 1. The number of aliphatic hydroxyl groups is 1. The minimum absolute atomic E-state index is 0.0688. The number of amides is 1. The Morgan fingerprint density at radius 1 is 1.58 bits per heavy atom. The molecule has 2 N–H and O–H groups in total. The van der Waals surface area contributed by atoms with Gasteiger partial charge in [0.1, 0.15) is 5.82 Å². The van der Waals surface area contributed by atoms with E-state index in [0.717, 1.165) is 24.9 Å². The van der Waals surface area contributed by atoms with Crippen molar-refractivity contribution in [3.63, 3.8) is 0 Å². The Labute approximate surface area is 112 Å². The van der Waals surface area contributed by atoms with Gasteiger partial charge in [-0.15, -0.1) is 0 Å². The summed E-state index contributed by atoms with van der Waals surface area (Å²) in [5.74, 6) is -0.538. The molecule has 1 amide bonds. The summed E-state index contributed by atoms with van der Waals surface area (Å²) in [5, 5.41) is 11.9. The fourth-order valence-corrected chi connectivity index (χ4v) is 2.41. The molecular weight excluding hydrogens is 247 g/mol. The zero-order valence-electron chi connectivity index (χ0n) is 11.0. The molecule has 1 unspecified atom stereocenters. The number of rotatable bonds is 4. The van der Waals surface area contributed by atoms with Crippen molar-refractivity contribution < 1.29 is 14.3 Å². The third-order valence-corrected chi connectivity index (χ3v) is 3.53. The van der Waals surface area contributed by atoms with Crippen LogP contribution in [0.3, 0.4) is 0 Å². The summed E-state index contributed by atoms with van der Waals surface area (Å²) in [7, 11) is 0. The minimum Gasteiger partial charge on any atom is -0.395 e. The van der Waals surface area contributed by atoms with E-state index < -0.39 is 0 Å². The Bertz CT molecular complexity index is 465. The third kappa shape index (κ3) is 3.52. The number of likely N-dealkylation sites (tertiary alicyclic amines) is 1. The summed E-state index contributed by atoms with van der Waals surface area (Å²) in [6.45, 7) is 2.95. The first kappa shape index (κ1) is 14.0. The maximum absolute atomic E-state index is 13.1. The minimum atomic E-state index is -0.365. The van der Waals surface area contributed by atoms with E-state index in [1.54, 1.807) is 6.07 Å². The van der Waals surface area contributed by atoms with E-state index in [1.807, 2.05) is 11.8 Å². The van der Waals surface area contributed by atoms with E-state index in [4.69, 9.17) is 0 Å². The van der Waals surface area contributed by atoms with Crippen LogP contribution in [-0.2, 0) is 4.79 Å². The largest absolute Gasteiger partial charge is 0.395 e. The number of hydrogen-bond donors (Lipinski definition) is 2. The highest BCUT2D eigenvalue weighted by atomic mass is 19.1. The van der Waals surface area contributed by atoms with Crippen LogP contribution in [0.1, 0.15) is 18.4 Å². The first-order chi connectivity index (χ1) is 9.10. The van der Waals surface area contributed by atoms with Gasteiger partial charge in [-0.25, -0.2) is 4.39 Å². The van der Waals surface area contributed by atoms with E-state index in [-0.39, 0.29) is 30.9 Å². The number of aryl methyl sites for hydroxylation is 1. The lowest BCUT2D eigenvalue weighted by atomic mass is 10.2. The normalized spacial score (nSPS) is 19.6. The van der Waals surface area contributed by atoms with Gasteiger partial charge >= 0.3 is 0 Å². The van der Waals surface area contributed by atoms with Gasteiger partial charge in [0, 0.05) is 11.7 Å². The van der Waals surface area contributed by atoms with Gasteiger partial charge in [0.25, 0.3) is 0 Å². The quantitative estimate of drug-likeness (QED) is 0.869. The average Bonchev–Trinajstić information content (AvgIpc) is 2.81. The van der Waals surface area contributed by atoms with E-state index in [0.29, 0.717) is 5.69 Å². The molecule has 0 aliphatic carbocycles. The molecule has 0 saturated carbocycles. The molecule has 1 atom stereocenters. The van der Waals surface area contributed by atoms with E-state index >= 15 is 0 Å². The van der Waals surface area contributed by atoms with Crippen LogP contribution in [0.4, 0.5) is 10.1 Å². The van der Waals surface area contributed by atoms with Gasteiger partial charge in [-0.3, -0.25) is 9.69 Å². The van der Waals surface area contributed by atoms with Crippen LogP contribution in [0.2, 0.25) is 0 Å². The lowest BCUT2D eigenvalue weighted by molar-refractivity contribution is -0.117. The van der Waals surface area contributed by atoms with Crippen LogP contribution in [-0.4, -0.2) is 41.7 Å². The average molecular weight is 266 g/mol. The topological polar surface area (TPSA) is 52.6 Å².